The molecular formula is C16H19ClN2O4. The SMILES string of the molecule is CC1=C(CCNC(=O)[C@@H](N)CO)C(=O)c2ccccc2C1=O.Cl. The average Bonchev–Trinajstić information content (AvgIpc) is 2.54. The normalized spacial score (nSPS) is 14.9. The number of benzene rings is 1. The van der Waals surface area contributed by atoms with Gasteiger partial charge in [-0.2, -0.15) is 0 Å². The molecule has 0 fully saturated rings. The van der Waals surface area contributed by atoms with Gasteiger partial charge in [-0.25, -0.2) is 0 Å². The highest BCUT2D eigenvalue weighted by Crippen LogP contribution is 2.27. The Morgan fingerprint density at radius 2 is 1.78 bits per heavy atom. The molecule has 0 saturated heterocycles. The van der Waals surface area contributed by atoms with E-state index in [1.165, 1.54) is 0 Å². The van der Waals surface area contributed by atoms with Crippen molar-refractivity contribution in [2.24, 2.45) is 5.73 Å². The van der Waals surface area contributed by atoms with Crippen LogP contribution in [-0.2, 0) is 4.79 Å². The van der Waals surface area contributed by atoms with E-state index in [2.05, 4.69) is 5.32 Å². The Kier molecular flexibility index (Phi) is 6.62. The van der Waals surface area contributed by atoms with Gasteiger partial charge in [-0.05, 0) is 13.3 Å². The van der Waals surface area contributed by atoms with E-state index in [4.69, 9.17) is 10.8 Å². The highest BCUT2D eigenvalue weighted by Gasteiger charge is 2.29. The minimum Gasteiger partial charge on any atom is -0.394 e. The van der Waals surface area contributed by atoms with E-state index >= 15 is 0 Å². The molecule has 7 heteroatoms. The summed E-state index contributed by atoms with van der Waals surface area (Å²) >= 11 is 0. The lowest BCUT2D eigenvalue weighted by Gasteiger charge is -2.19. The van der Waals surface area contributed by atoms with Crippen molar-refractivity contribution in [2.45, 2.75) is 19.4 Å². The number of carbonyl (C=O) groups is 3. The van der Waals surface area contributed by atoms with Gasteiger partial charge < -0.3 is 16.2 Å². The van der Waals surface area contributed by atoms with Crippen LogP contribution in [0.3, 0.4) is 0 Å². The van der Waals surface area contributed by atoms with Crippen LogP contribution in [0.5, 0.6) is 0 Å². The molecule has 1 aromatic rings. The van der Waals surface area contributed by atoms with Crippen molar-refractivity contribution in [3.63, 3.8) is 0 Å². The maximum atomic E-state index is 12.5. The van der Waals surface area contributed by atoms with Crippen LogP contribution in [-0.4, -0.2) is 41.8 Å². The number of ketones is 2. The van der Waals surface area contributed by atoms with Crippen molar-refractivity contribution in [3.05, 3.63) is 46.5 Å². The van der Waals surface area contributed by atoms with Gasteiger partial charge in [0.25, 0.3) is 0 Å². The van der Waals surface area contributed by atoms with Gasteiger partial charge in [-0.15, -0.1) is 12.4 Å². The summed E-state index contributed by atoms with van der Waals surface area (Å²) in [5, 5.41) is 11.3. The molecule has 0 aromatic heterocycles. The van der Waals surface area contributed by atoms with Crippen molar-refractivity contribution in [2.75, 3.05) is 13.2 Å². The van der Waals surface area contributed by atoms with Gasteiger partial charge in [0.05, 0.1) is 6.61 Å². The predicted octanol–water partition coefficient (Wildman–Crippen LogP) is 0.630. The molecule has 1 atom stereocenters. The van der Waals surface area contributed by atoms with Crippen LogP contribution in [0.2, 0.25) is 0 Å². The van der Waals surface area contributed by atoms with Crippen molar-refractivity contribution in [1.82, 2.24) is 5.32 Å². The fourth-order valence-electron chi connectivity index (χ4n) is 2.38. The molecule has 0 bridgehead atoms. The first-order chi connectivity index (χ1) is 10.5. The first kappa shape index (κ1) is 19.0. The van der Waals surface area contributed by atoms with Crippen molar-refractivity contribution in [1.29, 1.82) is 0 Å². The minimum atomic E-state index is -0.987. The van der Waals surface area contributed by atoms with Gasteiger partial charge in [-0.1, -0.05) is 24.3 Å². The fraction of sp³-hybridized carbons (Fsp3) is 0.312. The minimum absolute atomic E-state index is 0. The number of halogens is 1. The van der Waals surface area contributed by atoms with Crippen LogP contribution in [0.4, 0.5) is 0 Å². The number of amides is 1. The van der Waals surface area contributed by atoms with E-state index < -0.39 is 18.6 Å². The Morgan fingerprint density at radius 3 is 2.35 bits per heavy atom. The van der Waals surface area contributed by atoms with Crippen LogP contribution in [0.15, 0.2) is 35.4 Å². The van der Waals surface area contributed by atoms with E-state index in [9.17, 15) is 14.4 Å². The number of aliphatic hydroxyl groups excluding tert-OH is 1. The van der Waals surface area contributed by atoms with Gasteiger partial charge in [-0.3, -0.25) is 14.4 Å². The molecule has 2 rings (SSSR count). The monoisotopic (exact) mass is 338 g/mol. The molecule has 0 unspecified atom stereocenters. The van der Waals surface area contributed by atoms with Gasteiger partial charge >= 0.3 is 0 Å². The van der Waals surface area contributed by atoms with Gasteiger partial charge in [0.2, 0.25) is 5.91 Å². The van der Waals surface area contributed by atoms with Gasteiger partial charge in [0, 0.05) is 28.8 Å². The van der Waals surface area contributed by atoms with Crippen LogP contribution >= 0.6 is 12.4 Å². The third-order valence-electron chi connectivity index (χ3n) is 3.69. The van der Waals surface area contributed by atoms with Crippen LogP contribution in [0.1, 0.15) is 34.1 Å². The average molecular weight is 339 g/mol. The molecule has 0 radical (unpaired) electrons. The second kappa shape index (κ2) is 8.01. The molecular weight excluding hydrogens is 320 g/mol. The summed E-state index contributed by atoms with van der Waals surface area (Å²) in [7, 11) is 0. The molecule has 1 aromatic carbocycles. The number of hydrogen-bond donors (Lipinski definition) is 3. The first-order valence-electron chi connectivity index (χ1n) is 6.99. The maximum Gasteiger partial charge on any atom is 0.239 e. The van der Waals surface area contributed by atoms with Crippen molar-refractivity contribution >= 4 is 29.9 Å². The summed E-state index contributed by atoms with van der Waals surface area (Å²) < 4.78 is 0. The molecule has 0 aliphatic heterocycles. The summed E-state index contributed by atoms with van der Waals surface area (Å²) in [5.74, 6) is -0.840. The zero-order valence-electron chi connectivity index (χ0n) is 12.7. The lowest BCUT2D eigenvalue weighted by molar-refractivity contribution is -0.123. The number of aliphatic hydroxyl groups is 1. The number of nitrogens with two attached hydrogens (primary N) is 1. The third kappa shape index (κ3) is 3.85. The highest BCUT2D eigenvalue weighted by molar-refractivity contribution is 6.26. The summed E-state index contributed by atoms with van der Waals surface area (Å²) in [4.78, 5) is 36.2. The zero-order chi connectivity index (χ0) is 16.3. The number of fused-ring (bicyclic) bond motifs is 1. The summed E-state index contributed by atoms with van der Waals surface area (Å²) in [6.07, 6.45) is 0.245. The quantitative estimate of drug-likeness (QED) is 0.729. The zero-order valence-corrected chi connectivity index (χ0v) is 13.5. The Hall–Kier alpha value is -2.02. The summed E-state index contributed by atoms with van der Waals surface area (Å²) in [6, 6.07) is 5.71. The molecule has 4 N–H and O–H groups in total. The summed E-state index contributed by atoms with van der Waals surface area (Å²) in [6.45, 7) is 1.35. The van der Waals surface area contributed by atoms with E-state index in [-0.39, 0.29) is 36.9 Å². The first-order valence-corrected chi connectivity index (χ1v) is 6.99. The smallest absolute Gasteiger partial charge is 0.239 e. The molecule has 23 heavy (non-hydrogen) atoms. The van der Waals surface area contributed by atoms with E-state index in [1.54, 1.807) is 31.2 Å². The van der Waals surface area contributed by atoms with Crippen molar-refractivity contribution in [3.8, 4) is 0 Å². The lowest BCUT2D eigenvalue weighted by Crippen LogP contribution is -2.43. The number of carbonyl (C=O) groups excluding carboxylic acids is 3. The predicted molar refractivity (Wildman–Crippen MR) is 87.7 cm³/mol. The molecule has 0 spiro atoms. The fourth-order valence-corrected chi connectivity index (χ4v) is 2.38. The number of hydrogen-bond acceptors (Lipinski definition) is 5. The van der Waals surface area contributed by atoms with Crippen molar-refractivity contribution < 1.29 is 19.5 Å². The molecule has 0 saturated carbocycles. The number of nitrogens with one attached hydrogen (secondary N) is 1. The van der Waals surface area contributed by atoms with Crippen LogP contribution < -0.4 is 11.1 Å². The molecule has 6 nitrogen and oxygen atoms in total. The highest BCUT2D eigenvalue weighted by atomic mass is 35.5. The lowest BCUT2D eigenvalue weighted by atomic mass is 9.83. The van der Waals surface area contributed by atoms with Crippen LogP contribution in [0, 0.1) is 0 Å². The van der Waals surface area contributed by atoms with Crippen LogP contribution in [0.25, 0.3) is 0 Å². The third-order valence-corrected chi connectivity index (χ3v) is 3.69. The number of Topliss-reactive ketones (excluding diaryl/α,β-unsaturated/α-hetero) is 2. The second-order valence-corrected chi connectivity index (χ2v) is 5.14. The van der Waals surface area contributed by atoms with E-state index in [0.717, 1.165) is 0 Å². The van der Waals surface area contributed by atoms with Gasteiger partial charge in [0.15, 0.2) is 11.6 Å². The largest absolute Gasteiger partial charge is 0.394 e. The number of rotatable bonds is 5. The van der Waals surface area contributed by atoms with Gasteiger partial charge in [0.1, 0.15) is 6.04 Å². The van der Waals surface area contributed by atoms with E-state index in [0.29, 0.717) is 22.3 Å². The second-order valence-electron chi connectivity index (χ2n) is 5.14. The maximum absolute atomic E-state index is 12.5. The Morgan fingerprint density at radius 1 is 1.22 bits per heavy atom. The Balaban J connectivity index is 0.00000264. The molecule has 1 aliphatic carbocycles. The molecule has 0 heterocycles. The Bertz CT molecular complexity index is 670. The molecule has 1 amide bonds. The number of allylic oxidation sites excluding steroid dienone is 1. The molecule has 124 valence electrons. The summed E-state index contributed by atoms with van der Waals surface area (Å²) in [5.41, 5.74) is 7.00. The standard InChI is InChI=1S/C16H18N2O4.ClH/c1-9-10(6-7-18-16(22)13(17)8-19)15(21)12-5-3-2-4-11(12)14(9)20;/h2-5,13,19H,6-8,17H2,1H3,(H,18,22);1H/t13-;/m0./s1. The Labute approximate surface area is 140 Å². The topological polar surface area (TPSA) is 109 Å². The van der Waals surface area contributed by atoms with E-state index in [1.807, 2.05) is 0 Å². The molecule has 1 aliphatic rings.